The number of anilines is 1. The highest BCUT2D eigenvalue weighted by Gasteiger charge is 2.32. The van der Waals surface area contributed by atoms with Gasteiger partial charge in [-0.1, -0.05) is 36.4 Å². The van der Waals surface area contributed by atoms with Crippen molar-refractivity contribution in [2.75, 3.05) is 18.5 Å². The summed E-state index contributed by atoms with van der Waals surface area (Å²) in [5, 5.41) is 8.83. The molecule has 1 aliphatic heterocycles. The smallest absolute Gasteiger partial charge is 0.259 e. The molecule has 0 unspecified atom stereocenters. The second-order valence-corrected chi connectivity index (χ2v) is 9.32. The molecule has 0 N–H and O–H groups in total. The van der Waals surface area contributed by atoms with E-state index in [1.54, 1.807) is 54.4 Å². The van der Waals surface area contributed by atoms with Crippen LogP contribution in [0.25, 0.3) is 0 Å². The maximum Gasteiger partial charge on any atom is 0.259 e. The molecule has 0 saturated heterocycles. The van der Waals surface area contributed by atoms with E-state index in [2.05, 4.69) is 0 Å². The van der Waals surface area contributed by atoms with Crippen LogP contribution in [0.2, 0.25) is 0 Å². The zero-order valence-electron chi connectivity index (χ0n) is 18.4. The molecule has 1 atom stereocenters. The van der Waals surface area contributed by atoms with Crippen LogP contribution >= 0.6 is 0 Å². The van der Waals surface area contributed by atoms with Gasteiger partial charge in [-0.05, 0) is 48.4 Å². The molecule has 3 aromatic rings. The SMILES string of the molecule is Cc1ccccc1CN1C(=O)c2ccccc2[S@](=O)c2ccc(C(=O)N(C)CCC#N)cc21. The summed E-state index contributed by atoms with van der Waals surface area (Å²) in [6, 6.07) is 21.7. The summed E-state index contributed by atoms with van der Waals surface area (Å²) in [6.07, 6.45) is 0.227. The Morgan fingerprint density at radius 3 is 2.55 bits per heavy atom. The number of rotatable bonds is 5. The number of fused-ring (bicyclic) bond motifs is 2. The molecule has 0 bridgehead atoms. The van der Waals surface area contributed by atoms with Crippen LogP contribution in [0.1, 0.15) is 38.3 Å². The van der Waals surface area contributed by atoms with Gasteiger partial charge in [-0.15, -0.1) is 0 Å². The van der Waals surface area contributed by atoms with Gasteiger partial charge in [0.1, 0.15) is 0 Å². The Hall–Kier alpha value is -3.76. The molecule has 0 spiro atoms. The monoisotopic (exact) mass is 457 g/mol. The van der Waals surface area contributed by atoms with Gasteiger partial charge in [-0.3, -0.25) is 9.59 Å². The number of hydrogen-bond acceptors (Lipinski definition) is 4. The zero-order chi connectivity index (χ0) is 23.5. The maximum atomic E-state index is 13.7. The molecule has 0 radical (unpaired) electrons. The normalized spacial score (nSPS) is 14.6. The molecule has 0 aromatic heterocycles. The second-order valence-electron chi connectivity index (χ2n) is 7.90. The lowest BCUT2D eigenvalue weighted by atomic mass is 10.1. The van der Waals surface area contributed by atoms with E-state index in [4.69, 9.17) is 5.26 Å². The minimum Gasteiger partial charge on any atom is -0.341 e. The second kappa shape index (κ2) is 9.39. The van der Waals surface area contributed by atoms with E-state index in [1.165, 1.54) is 4.90 Å². The largest absolute Gasteiger partial charge is 0.341 e. The summed E-state index contributed by atoms with van der Waals surface area (Å²) in [5.74, 6) is -0.521. The van der Waals surface area contributed by atoms with Crippen molar-refractivity contribution in [3.8, 4) is 6.07 Å². The van der Waals surface area contributed by atoms with E-state index in [-0.39, 0.29) is 24.8 Å². The number of hydrogen-bond donors (Lipinski definition) is 0. The van der Waals surface area contributed by atoms with E-state index in [1.807, 2.05) is 37.3 Å². The first-order chi connectivity index (χ1) is 15.9. The average Bonchev–Trinajstić information content (AvgIpc) is 2.92. The van der Waals surface area contributed by atoms with E-state index >= 15 is 0 Å². The van der Waals surface area contributed by atoms with Crippen molar-refractivity contribution in [2.45, 2.75) is 29.7 Å². The standard InChI is InChI=1S/C26H23N3O3S/c1-18-8-3-4-9-20(18)17-29-22-16-19(25(30)28(2)15-7-14-27)12-13-24(22)33(32)23-11-6-5-10-21(23)26(29)31/h3-6,8-13,16H,7,15,17H2,1-2H3/t33-/m0/s1. The van der Waals surface area contributed by atoms with E-state index < -0.39 is 10.8 Å². The van der Waals surface area contributed by atoms with E-state index in [9.17, 15) is 13.8 Å². The Bertz CT molecular complexity index is 1310. The third-order valence-electron chi connectivity index (χ3n) is 5.75. The Morgan fingerprint density at radius 2 is 1.79 bits per heavy atom. The Morgan fingerprint density at radius 1 is 1.06 bits per heavy atom. The molecule has 0 fully saturated rings. The van der Waals surface area contributed by atoms with Crippen molar-refractivity contribution in [3.05, 3.63) is 89.0 Å². The molecule has 33 heavy (non-hydrogen) atoms. The summed E-state index contributed by atoms with van der Waals surface area (Å²) in [6.45, 7) is 2.57. The van der Waals surface area contributed by atoms with Gasteiger partial charge < -0.3 is 9.80 Å². The Kier molecular flexibility index (Phi) is 6.38. The van der Waals surface area contributed by atoms with Gasteiger partial charge in [-0.2, -0.15) is 5.26 Å². The molecule has 166 valence electrons. The lowest BCUT2D eigenvalue weighted by molar-refractivity contribution is 0.0797. The minimum atomic E-state index is -1.58. The lowest BCUT2D eigenvalue weighted by Crippen LogP contribution is -2.31. The number of aryl methyl sites for hydroxylation is 1. The average molecular weight is 458 g/mol. The van der Waals surface area contributed by atoms with Crippen LogP contribution in [-0.4, -0.2) is 34.5 Å². The number of carbonyl (C=O) groups is 2. The molecule has 1 aliphatic rings. The van der Waals surface area contributed by atoms with Crippen molar-refractivity contribution in [1.82, 2.24) is 4.90 Å². The summed E-state index contributed by atoms with van der Waals surface area (Å²) in [5.41, 5.74) is 3.22. The molecule has 4 rings (SSSR count). The van der Waals surface area contributed by atoms with Crippen LogP contribution < -0.4 is 4.90 Å². The molecular formula is C26H23N3O3S. The van der Waals surface area contributed by atoms with Crippen LogP contribution in [0.3, 0.4) is 0 Å². The Labute approximate surface area is 195 Å². The maximum absolute atomic E-state index is 13.7. The third kappa shape index (κ3) is 4.30. The number of amides is 2. The first kappa shape index (κ1) is 22.4. The molecular weight excluding hydrogens is 434 g/mol. The third-order valence-corrected chi connectivity index (χ3v) is 7.25. The summed E-state index contributed by atoms with van der Waals surface area (Å²) < 4.78 is 13.5. The molecule has 0 aliphatic carbocycles. The predicted molar refractivity (Wildman–Crippen MR) is 126 cm³/mol. The van der Waals surface area contributed by atoms with Gasteiger partial charge >= 0.3 is 0 Å². The highest BCUT2D eigenvalue weighted by atomic mass is 32.2. The van der Waals surface area contributed by atoms with Crippen LogP contribution in [0.5, 0.6) is 0 Å². The van der Waals surface area contributed by atoms with Gasteiger partial charge in [0.2, 0.25) is 0 Å². The molecule has 3 aromatic carbocycles. The Balaban J connectivity index is 1.85. The number of carbonyl (C=O) groups excluding carboxylic acids is 2. The van der Waals surface area contributed by atoms with Crippen molar-refractivity contribution in [3.63, 3.8) is 0 Å². The van der Waals surface area contributed by atoms with Gasteiger partial charge in [0.15, 0.2) is 0 Å². The highest BCUT2D eigenvalue weighted by Crippen LogP contribution is 2.36. The molecule has 6 nitrogen and oxygen atoms in total. The number of nitriles is 1. The lowest BCUT2D eigenvalue weighted by Gasteiger charge is -2.25. The zero-order valence-corrected chi connectivity index (χ0v) is 19.3. The van der Waals surface area contributed by atoms with Crippen molar-refractivity contribution >= 4 is 28.3 Å². The van der Waals surface area contributed by atoms with E-state index in [0.29, 0.717) is 33.2 Å². The quantitative estimate of drug-likeness (QED) is 0.572. The summed E-state index contributed by atoms with van der Waals surface area (Å²) >= 11 is 0. The van der Waals surface area contributed by atoms with Gasteiger partial charge in [0.25, 0.3) is 11.8 Å². The van der Waals surface area contributed by atoms with E-state index in [0.717, 1.165) is 11.1 Å². The topological polar surface area (TPSA) is 81.5 Å². The molecule has 1 heterocycles. The van der Waals surface area contributed by atoms with Gasteiger partial charge in [0.05, 0.1) is 50.9 Å². The predicted octanol–water partition coefficient (Wildman–Crippen LogP) is 4.31. The first-order valence-corrected chi connectivity index (χ1v) is 11.7. The number of nitrogens with zero attached hydrogens (tertiary/aromatic N) is 3. The molecule has 0 saturated carbocycles. The van der Waals surface area contributed by atoms with Gasteiger partial charge in [0, 0.05) is 19.2 Å². The van der Waals surface area contributed by atoms with Gasteiger partial charge in [-0.25, -0.2) is 4.21 Å². The summed E-state index contributed by atoms with van der Waals surface area (Å²) in [4.78, 5) is 30.7. The minimum absolute atomic E-state index is 0.227. The van der Waals surface area contributed by atoms with Crippen LogP contribution in [0.15, 0.2) is 76.5 Å². The van der Waals surface area contributed by atoms with Crippen LogP contribution in [-0.2, 0) is 17.3 Å². The molecule has 2 amide bonds. The highest BCUT2D eigenvalue weighted by molar-refractivity contribution is 7.85. The van der Waals surface area contributed by atoms with Crippen molar-refractivity contribution in [1.29, 1.82) is 5.26 Å². The van der Waals surface area contributed by atoms with Crippen molar-refractivity contribution in [2.24, 2.45) is 0 Å². The number of benzene rings is 3. The first-order valence-electron chi connectivity index (χ1n) is 10.6. The fourth-order valence-electron chi connectivity index (χ4n) is 3.85. The van der Waals surface area contributed by atoms with Crippen molar-refractivity contribution < 1.29 is 13.8 Å². The molecule has 7 heteroatoms. The van der Waals surface area contributed by atoms with Crippen LogP contribution in [0.4, 0.5) is 5.69 Å². The summed E-state index contributed by atoms with van der Waals surface area (Å²) in [7, 11) is 0.0549. The fraction of sp³-hybridized carbons (Fsp3) is 0.192. The fourth-order valence-corrected chi connectivity index (χ4v) is 5.20. The van der Waals surface area contributed by atoms with Crippen LogP contribution in [0, 0.1) is 18.3 Å².